The molecule has 3 N–H and O–H groups in total. The van der Waals surface area contributed by atoms with Crippen LogP contribution in [0.15, 0.2) is 42.5 Å². The molecule has 0 unspecified atom stereocenters. The standard InChI is InChI=1S/C16H15NO2/c1-16(17,15(18)19)12-6-7-14-11(9-12)8-10-4-2-3-5-13(10)14/h2-7,9H,8,17H2,1H3,(H,18,19)/t16-/m1/s1. The zero-order valence-electron chi connectivity index (χ0n) is 10.8. The molecule has 0 aromatic heterocycles. The van der Waals surface area contributed by atoms with Crippen LogP contribution >= 0.6 is 0 Å². The first-order valence-electron chi connectivity index (χ1n) is 6.28. The minimum absolute atomic E-state index is 0.694. The number of hydrogen-bond acceptors (Lipinski definition) is 2. The number of benzene rings is 2. The number of rotatable bonds is 2. The third kappa shape index (κ3) is 1.74. The Hall–Kier alpha value is -2.13. The van der Waals surface area contributed by atoms with E-state index in [0.29, 0.717) is 5.56 Å². The number of carbonyl (C=O) groups excluding carboxylic acids is 1. The van der Waals surface area contributed by atoms with Crippen molar-refractivity contribution in [2.75, 3.05) is 0 Å². The maximum atomic E-state index is 11.2. The molecule has 0 bridgehead atoms. The first kappa shape index (κ1) is 11.9. The SMILES string of the molecule is C[C@]([NH3+])(C(=O)[O-])c1ccc2c(c1)Cc1ccccc1-2. The molecule has 0 fully saturated rings. The van der Waals surface area contributed by atoms with Crippen molar-refractivity contribution < 1.29 is 15.6 Å². The molecule has 3 rings (SSSR count). The summed E-state index contributed by atoms with van der Waals surface area (Å²) in [5.41, 5.74) is 8.12. The summed E-state index contributed by atoms with van der Waals surface area (Å²) in [7, 11) is 0. The van der Waals surface area contributed by atoms with Crippen LogP contribution in [0.5, 0.6) is 0 Å². The van der Waals surface area contributed by atoms with Crippen LogP contribution in [0.25, 0.3) is 11.1 Å². The number of carboxylic acid groups (broad SMARTS) is 1. The number of carbonyl (C=O) groups is 1. The van der Waals surface area contributed by atoms with Gasteiger partial charge in [0.15, 0.2) is 5.54 Å². The van der Waals surface area contributed by atoms with E-state index >= 15 is 0 Å². The maximum absolute atomic E-state index is 11.2. The smallest absolute Gasteiger partial charge is 0.157 e. The molecule has 1 aliphatic rings. The van der Waals surface area contributed by atoms with Crippen molar-refractivity contribution in [2.45, 2.75) is 18.9 Å². The Morgan fingerprint density at radius 2 is 1.84 bits per heavy atom. The summed E-state index contributed by atoms with van der Waals surface area (Å²) >= 11 is 0. The highest BCUT2D eigenvalue weighted by Gasteiger charge is 2.29. The zero-order chi connectivity index (χ0) is 13.6. The van der Waals surface area contributed by atoms with Gasteiger partial charge in [0.05, 0.1) is 0 Å². The van der Waals surface area contributed by atoms with Crippen molar-refractivity contribution in [1.29, 1.82) is 0 Å². The second-order valence-electron chi connectivity index (χ2n) is 5.33. The Kier molecular flexibility index (Phi) is 2.47. The van der Waals surface area contributed by atoms with E-state index in [-0.39, 0.29) is 0 Å². The number of carboxylic acids is 1. The average Bonchev–Trinajstić information content (AvgIpc) is 2.75. The lowest BCUT2D eigenvalue weighted by Gasteiger charge is -2.23. The van der Waals surface area contributed by atoms with Crippen LogP contribution in [-0.4, -0.2) is 5.97 Å². The maximum Gasteiger partial charge on any atom is 0.157 e. The second-order valence-corrected chi connectivity index (χ2v) is 5.33. The lowest BCUT2D eigenvalue weighted by molar-refractivity contribution is -0.489. The second kappa shape index (κ2) is 3.93. The highest BCUT2D eigenvalue weighted by atomic mass is 16.4. The summed E-state index contributed by atoms with van der Waals surface area (Å²) in [4.78, 5) is 11.2. The molecule has 2 aromatic carbocycles. The summed E-state index contributed by atoms with van der Waals surface area (Å²) in [6, 6.07) is 14.0. The summed E-state index contributed by atoms with van der Waals surface area (Å²) in [6.07, 6.45) is 0.850. The van der Waals surface area contributed by atoms with Gasteiger partial charge >= 0.3 is 0 Å². The molecule has 0 saturated carbocycles. The van der Waals surface area contributed by atoms with Crippen molar-refractivity contribution in [3.05, 3.63) is 59.2 Å². The van der Waals surface area contributed by atoms with Gasteiger partial charge in [-0.15, -0.1) is 0 Å². The minimum atomic E-state index is -1.20. The first-order chi connectivity index (χ1) is 9.00. The van der Waals surface area contributed by atoms with Gasteiger partial charge in [0.2, 0.25) is 0 Å². The van der Waals surface area contributed by atoms with Gasteiger partial charge in [-0.05, 0) is 34.7 Å². The number of aliphatic carboxylic acids is 1. The Morgan fingerprint density at radius 3 is 2.58 bits per heavy atom. The first-order valence-corrected chi connectivity index (χ1v) is 6.28. The van der Waals surface area contributed by atoms with Crippen molar-refractivity contribution in [3.8, 4) is 11.1 Å². The fraction of sp³-hybridized carbons (Fsp3) is 0.188. The van der Waals surface area contributed by atoms with Crippen LogP contribution in [0.4, 0.5) is 0 Å². The molecule has 96 valence electrons. The molecule has 0 spiro atoms. The molecule has 1 aliphatic carbocycles. The molecule has 0 amide bonds. The number of hydrogen-bond donors (Lipinski definition) is 1. The largest absolute Gasteiger partial charge is 0.543 e. The third-order valence-electron chi connectivity index (χ3n) is 3.88. The number of quaternary nitrogens is 1. The van der Waals surface area contributed by atoms with Crippen LogP contribution in [-0.2, 0) is 16.8 Å². The fourth-order valence-electron chi connectivity index (χ4n) is 2.61. The zero-order valence-corrected chi connectivity index (χ0v) is 10.8. The van der Waals surface area contributed by atoms with E-state index in [9.17, 15) is 9.90 Å². The highest BCUT2D eigenvalue weighted by Crippen LogP contribution is 2.37. The van der Waals surface area contributed by atoms with E-state index in [1.807, 2.05) is 30.3 Å². The van der Waals surface area contributed by atoms with Crippen LogP contribution in [0, 0.1) is 0 Å². The summed E-state index contributed by atoms with van der Waals surface area (Å²) in [6.45, 7) is 1.58. The van der Waals surface area contributed by atoms with E-state index in [4.69, 9.17) is 0 Å². The summed E-state index contributed by atoms with van der Waals surface area (Å²) in [5, 5.41) is 11.2. The highest BCUT2D eigenvalue weighted by molar-refractivity contribution is 5.80. The predicted molar refractivity (Wildman–Crippen MR) is 69.9 cm³/mol. The molecule has 3 nitrogen and oxygen atoms in total. The Labute approximate surface area is 111 Å². The quantitative estimate of drug-likeness (QED) is 0.721. The summed E-state index contributed by atoms with van der Waals surface area (Å²) < 4.78 is 0. The van der Waals surface area contributed by atoms with E-state index in [1.165, 1.54) is 16.7 Å². The van der Waals surface area contributed by atoms with Gasteiger partial charge < -0.3 is 15.6 Å². The predicted octanol–water partition coefficient (Wildman–Crippen LogP) is 0.465. The van der Waals surface area contributed by atoms with Gasteiger partial charge in [0.25, 0.3) is 0 Å². The Bertz CT molecular complexity index is 674. The van der Waals surface area contributed by atoms with Gasteiger partial charge in [-0.1, -0.05) is 36.4 Å². The van der Waals surface area contributed by atoms with Crippen molar-refractivity contribution >= 4 is 5.97 Å². The third-order valence-corrected chi connectivity index (χ3v) is 3.88. The molecule has 3 heteroatoms. The summed E-state index contributed by atoms with van der Waals surface area (Å²) in [5.74, 6) is -1.15. The van der Waals surface area contributed by atoms with Crippen LogP contribution in [0.1, 0.15) is 23.6 Å². The van der Waals surface area contributed by atoms with Gasteiger partial charge in [0, 0.05) is 12.5 Å². The average molecular weight is 253 g/mol. The lowest BCUT2D eigenvalue weighted by atomic mass is 9.90. The lowest BCUT2D eigenvalue weighted by Crippen LogP contribution is -2.75. The van der Waals surface area contributed by atoms with Gasteiger partial charge in [-0.2, -0.15) is 0 Å². The van der Waals surface area contributed by atoms with E-state index in [0.717, 1.165) is 12.0 Å². The van der Waals surface area contributed by atoms with Gasteiger partial charge in [0.1, 0.15) is 5.97 Å². The molecular weight excluding hydrogens is 238 g/mol. The molecule has 0 heterocycles. The van der Waals surface area contributed by atoms with Crippen LogP contribution < -0.4 is 10.8 Å². The topological polar surface area (TPSA) is 67.8 Å². The molecule has 1 atom stereocenters. The molecule has 0 radical (unpaired) electrons. The van der Waals surface area contributed by atoms with E-state index in [1.54, 1.807) is 6.92 Å². The van der Waals surface area contributed by atoms with Crippen LogP contribution in [0.2, 0.25) is 0 Å². The number of fused-ring (bicyclic) bond motifs is 3. The van der Waals surface area contributed by atoms with E-state index in [2.05, 4.69) is 17.9 Å². The minimum Gasteiger partial charge on any atom is -0.543 e. The molecular formula is C16H15NO2. The van der Waals surface area contributed by atoms with Gasteiger partial charge in [-0.3, -0.25) is 0 Å². The Morgan fingerprint density at radius 1 is 1.16 bits per heavy atom. The molecule has 19 heavy (non-hydrogen) atoms. The normalized spacial score (nSPS) is 15.5. The molecule has 2 aromatic rings. The monoisotopic (exact) mass is 253 g/mol. The van der Waals surface area contributed by atoms with E-state index < -0.39 is 11.5 Å². The van der Waals surface area contributed by atoms with Crippen molar-refractivity contribution in [2.24, 2.45) is 0 Å². The van der Waals surface area contributed by atoms with Crippen LogP contribution in [0.3, 0.4) is 0 Å². The van der Waals surface area contributed by atoms with Crippen molar-refractivity contribution in [1.82, 2.24) is 0 Å². The van der Waals surface area contributed by atoms with Gasteiger partial charge in [-0.25, -0.2) is 0 Å². The van der Waals surface area contributed by atoms with Crippen molar-refractivity contribution in [3.63, 3.8) is 0 Å². The molecule has 0 aliphatic heterocycles. The molecule has 0 saturated heterocycles. The fourth-order valence-corrected chi connectivity index (χ4v) is 2.61. The Balaban J connectivity index is 2.10.